The smallest absolute Gasteiger partial charge is 0.139 e. The van der Waals surface area contributed by atoms with E-state index in [1.807, 2.05) is 0 Å². The van der Waals surface area contributed by atoms with Gasteiger partial charge in [-0.3, -0.25) is 4.21 Å². The van der Waals surface area contributed by atoms with Crippen molar-refractivity contribution in [3.63, 3.8) is 0 Å². The fourth-order valence-electron chi connectivity index (χ4n) is 2.82. The predicted octanol–water partition coefficient (Wildman–Crippen LogP) is 3.10. The summed E-state index contributed by atoms with van der Waals surface area (Å²) in [6.45, 7) is 5.26. The molecule has 2 rings (SSSR count). The van der Waals surface area contributed by atoms with Crippen LogP contribution in [0.3, 0.4) is 0 Å². The Morgan fingerprint density at radius 1 is 1.37 bits per heavy atom. The highest BCUT2D eigenvalue weighted by Gasteiger charge is 2.37. The molecular weight excluding hydrogens is 261 g/mol. The fraction of sp³-hybridized carbons (Fsp3) is 0.600. The average Bonchev–Trinajstić information content (AvgIpc) is 2.77. The molecule has 1 fully saturated rings. The highest BCUT2D eigenvalue weighted by molar-refractivity contribution is 7.85. The fourth-order valence-corrected chi connectivity index (χ4v) is 4.55. The zero-order valence-electron chi connectivity index (χ0n) is 11.6. The Kier molecular flexibility index (Phi) is 5.11. The molecule has 0 amide bonds. The van der Waals surface area contributed by atoms with Crippen molar-refractivity contribution in [1.29, 1.82) is 0 Å². The molecule has 1 aromatic rings. The molecule has 1 N–H and O–H groups in total. The third-order valence-electron chi connectivity index (χ3n) is 3.97. The van der Waals surface area contributed by atoms with E-state index in [0.29, 0.717) is 16.9 Å². The summed E-state index contributed by atoms with van der Waals surface area (Å²) in [6.07, 6.45) is 3.04. The van der Waals surface area contributed by atoms with E-state index in [2.05, 4.69) is 19.2 Å². The van der Waals surface area contributed by atoms with E-state index in [4.69, 9.17) is 0 Å². The van der Waals surface area contributed by atoms with Crippen molar-refractivity contribution in [2.24, 2.45) is 5.92 Å². The monoisotopic (exact) mass is 283 g/mol. The van der Waals surface area contributed by atoms with Gasteiger partial charge in [0, 0.05) is 11.3 Å². The largest absolute Gasteiger partial charge is 0.314 e. The lowest BCUT2D eigenvalue weighted by Gasteiger charge is -2.21. The highest BCUT2D eigenvalue weighted by atomic mass is 32.2. The molecule has 0 aromatic heterocycles. The molecule has 1 aromatic carbocycles. The van der Waals surface area contributed by atoms with Crippen LogP contribution >= 0.6 is 0 Å². The minimum Gasteiger partial charge on any atom is -0.314 e. The van der Waals surface area contributed by atoms with Crippen LogP contribution in [0, 0.1) is 11.7 Å². The maximum atomic E-state index is 13.7. The number of benzene rings is 1. The number of halogens is 1. The Labute approximate surface area is 117 Å². The van der Waals surface area contributed by atoms with Crippen molar-refractivity contribution < 1.29 is 8.60 Å². The number of hydrogen-bond acceptors (Lipinski definition) is 2. The first kappa shape index (κ1) is 14.7. The normalized spacial score (nSPS) is 28.5. The molecular formula is C15H22FNOS. The maximum Gasteiger partial charge on any atom is 0.139 e. The van der Waals surface area contributed by atoms with Crippen LogP contribution in [0.25, 0.3) is 0 Å². The van der Waals surface area contributed by atoms with E-state index in [1.165, 1.54) is 6.07 Å². The lowest BCUT2D eigenvalue weighted by molar-refractivity contribution is 0.429. The molecule has 4 unspecified atom stereocenters. The summed E-state index contributed by atoms with van der Waals surface area (Å²) in [6, 6.07) is 6.84. The number of hydrogen-bond donors (Lipinski definition) is 1. The van der Waals surface area contributed by atoms with Gasteiger partial charge in [-0.2, -0.15) is 0 Å². The van der Waals surface area contributed by atoms with Gasteiger partial charge < -0.3 is 5.32 Å². The topological polar surface area (TPSA) is 29.1 Å². The van der Waals surface area contributed by atoms with Gasteiger partial charge >= 0.3 is 0 Å². The summed E-state index contributed by atoms with van der Waals surface area (Å²) in [5.74, 6) is -0.0232. The van der Waals surface area contributed by atoms with E-state index in [0.717, 1.165) is 25.8 Å². The molecule has 106 valence electrons. The van der Waals surface area contributed by atoms with Crippen molar-refractivity contribution in [1.82, 2.24) is 5.32 Å². The molecule has 0 aliphatic heterocycles. The SMILES string of the molecule is CCCNC1CCC(S(=O)c2ccccc2F)C1C. The van der Waals surface area contributed by atoms with Gasteiger partial charge in [0.1, 0.15) is 5.82 Å². The highest BCUT2D eigenvalue weighted by Crippen LogP contribution is 2.33. The molecule has 4 atom stereocenters. The Bertz CT molecular complexity index is 452. The zero-order valence-corrected chi connectivity index (χ0v) is 12.4. The van der Waals surface area contributed by atoms with Gasteiger partial charge in [-0.25, -0.2) is 4.39 Å². The molecule has 1 aliphatic carbocycles. The third kappa shape index (κ3) is 3.23. The minimum atomic E-state index is -1.24. The van der Waals surface area contributed by atoms with Gasteiger partial charge in [0.15, 0.2) is 0 Å². The lowest BCUT2D eigenvalue weighted by atomic mass is 10.1. The summed E-state index contributed by atoms with van der Waals surface area (Å²) >= 11 is 0. The van der Waals surface area contributed by atoms with Crippen LogP contribution in [0.1, 0.15) is 33.1 Å². The van der Waals surface area contributed by atoms with Gasteiger partial charge in [-0.1, -0.05) is 26.0 Å². The Balaban J connectivity index is 2.07. The first-order chi connectivity index (χ1) is 9.15. The van der Waals surface area contributed by atoms with Crippen LogP contribution in [0.4, 0.5) is 4.39 Å². The molecule has 0 bridgehead atoms. The van der Waals surface area contributed by atoms with Gasteiger partial charge in [0.05, 0.1) is 15.7 Å². The van der Waals surface area contributed by atoms with Crippen molar-refractivity contribution in [3.05, 3.63) is 30.1 Å². The first-order valence-corrected chi connectivity index (χ1v) is 8.25. The molecule has 1 saturated carbocycles. The lowest BCUT2D eigenvalue weighted by Crippen LogP contribution is -2.35. The van der Waals surface area contributed by atoms with E-state index >= 15 is 0 Å². The molecule has 19 heavy (non-hydrogen) atoms. The van der Waals surface area contributed by atoms with Crippen LogP contribution in [-0.4, -0.2) is 22.0 Å². The van der Waals surface area contributed by atoms with Crippen LogP contribution < -0.4 is 5.32 Å². The summed E-state index contributed by atoms with van der Waals surface area (Å²) in [7, 11) is -1.24. The first-order valence-electron chi connectivity index (χ1n) is 7.03. The van der Waals surface area contributed by atoms with Crippen molar-refractivity contribution in [2.45, 2.75) is 49.3 Å². The number of nitrogens with one attached hydrogen (secondary N) is 1. The minimum absolute atomic E-state index is 0.0613. The molecule has 4 heteroatoms. The standard InChI is InChI=1S/C15H22FNOS/c1-3-10-17-13-8-9-14(11(13)2)19(18)15-7-5-4-6-12(15)16/h4-7,11,13-14,17H,3,8-10H2,1-2H3. The van der Waals surface area contributed by atoms with Crippen molar-refractivity contribution >= 4 is 10.8 Å². The van der Waals surface area contributed by atoms with E-state index in [-0.39, 0.29) is 11.1 Å². The molecule has 0 saturated heterocycles. The number of rotatable bonds is 5. The average molecular weight is 283 g/mol. The zero-order chi connectivity index (χ0) is 13.8. The van der Waals surface area contributed by atoms with E-state index in [1.54, 1.807) is 18.2 Å². The molecule has 0 heterocycles. The van der Waals surface area contributed by atoms with Gasteiger partial charge in [-0.15, -0.1) is 0 Å². The van der Waals surface area contributed by atoms with Gasteiger partial charge in [-0.05, 0) is 43.9 Å². The summed E-state index contributed by atoms with van der Waals surface area (Å²) < 4.78 is 26.3. The maximum absolute atomic E-state index is 13.7. The second-order valence-corrected chi connectivity index (χ2v) is 6.90. The van der Waals surface area contributed by atoms with E-state index < -0.39 is 10.8 Å². The molecule has 0 radical (unpaired) electrons. The van der Waals surface area contributed by atoms with Gasteiger partial charge in [0.2, 0.25) is 0 Å². The van der Waals surface area contributed by atoms with Crippen molar-refractivity contribution in [3.8, 4) is 0 Å². The predicted molar refractivity (Wildman–Crippen MR) is 77.1 cm³/mol. The Morgan fingerprint density at radius 2 is 2.11 bits per heavy atom. The summed E-state index contributed by atoms with van der Waals surface area (Å²) in [5, 5.41) is 3.57. The van der Waals surface area contributed by atoms with Crippen molar-refractivity contribution in [2.75, 3.05) is 6.54 Å². The second-order valence-electron chi connectivity index (χ2n) is 5.26. The summed E-state index contributed by atoms with van der Waals surface area (Å²) in [5.41, 5.74) is 0. The Hall–Kier alpha value is -0.740. The molecule has 2 nitrogen and oxygen atoms in total. The molecule has 0 spiro atoms. The van der Waals surface area contributed by atoms with Crippen LogP contribution in [0.5, 0.6) is 0 Å². The second kappa shape index (κ2) is 6.62. The Morgan fingerprint density at radius 3 is 2.79 bits per heavy atom. The van der Waals surface area contributed by atoms with E-state index in [9.17, 15) is 8.60 Å². The quantitative estimate of drug-likeness (QED) is 0.899. The van der Waals surface area contributed by atoms with Crippen LogP contribution in [0.15, 0.2) is 29.2 Å². The van der Waals surface area contributed by atoms with Gasteiger partial charge in [0.25, 0.3) is 0 Å². The third-order valence-corrected chi connectivity index (χ3v) is 5.95. The van der Waals surface area contributed by atoms with Crippen LogP contribution in [-0.2, 0) is 10.8 Å². The van der Waals surface area contributed by atoms with Crippen LogP contribution in [0.2, 0.25) is 0 Å². The molecule has 1 aliphatic rings. The summed E-state index contributed by atoms with van der Waals surface area (Å²) in [4.78, 5) is 0.357.